The lowest BCUT2D eigenvalue weighted by molar-refractivity contribution is -0.332. The maximum absolute atomic E-state index is 12.8. The largest absolute Gasteiger partial charge is 0.457 e. The molecule has 2 rings (SSSR count). The molecule has 14 heteroatoms. The number of carbonyl (C=O) groups is 1. The molecule has 0 radical (unpaired) electrons. The Morgan fingerprint density at radius 2 is 1.04 bits per heavy atom. The van der Waals surface area contributed by atoms with Crippen molar-refractivity contribution in [1.82, 2.24) is 0 Å². The lowest BCUT2D eigenvalue weighted by Gasteiger charge is -2.42. The zero-order valence-electron chi connectivity index (χ0n) is 31.1. The standard InChI is InChI=1S/C37H70O14/c1-3-5-7-9-11-12-13-14-16-18-20-29(39)49-26(23-46-21-19-17-15-10-8-6-4-2)24-47-36-35(45)33(43)31(41)28(51-36)25-48-37-34(44)32(42)30(40)27(22-38)50-37/h26-28,30-38,40-45H,3-25H2,1-2H3. The van der Waals surface area contributed by atoms with Crippen molar-refractivity contribution in [3.05, 3.63) is 0 Å². The summed E-state index contributed by atoms with van der Waals surface area (Å²) in [7, 11) is 0. The first kappa shape index (κ1) is 46.1. The summed E-state index contributed by atoms with van der Waals surface area (Å²) in [4.78, 5) is 12.8. The minimum atomic E-state index is -1.70. The van der Waals surface area contributed by atoms with E-state index in [0.29, 0.717) is 13.0 Å². The van der Waals surface area contributed by atoms with Crippen LogP contribution in [-0.4, -0.2) is 142 Å². The summed E-state index contributed by atoms with van der Waals surface area (Å²) in [5.74, 6) is -0.380. The van der Waals surface area contributed by atoms with Gasteiger partial charge in [0.2, 0.25) is 0 Å². The van der Waals surface area contributed by atoms with Crippen LogP contribution >= 0.6 is 0 Å². The van der Waals surface area contributed by atoms with Crippen LogP contribution in [0.2, 0.25) is 0 Å². The van der Waals surface area contributed by atoms with Crippen LogP contribution in [0.4, 0.5) is 0 Å². The molecule has 14 nitrogen and oxygen atoms in total. The van der Waals surface area contributed by atoms with Gasteiger partial charge in [-0.3, -0.25) is 4.79 Å². The molecular formula is C37H70O14. The summed E-state index contributed by atoms with van der Waals surface area (Å²) in [6, 6.07) is 0. The maximum atomic E-state index is 12.8. The van der Waals surface area contributed by atoms with Crippen LogP contribution in [-0.2, 0) is 33.2 Å². The second-order valence-corrected chi connectivity index (χ2v) is 14.1. The molecule has 0 amide bonds. The Hall–Kier alpha value is -1.01. The molecule has 2 heterocycles. The topological polar surface area (TPSA) is 214 Å². The van der Waals surface area contributed by atoms with E-state index in [0.717, 1.165) is 38.5 Å². The van der Waals surface area contributed by atoms with Gasteiger partial charge in [-0.25, -0.2) is 0 Å². The molecular weight excluding hydrogens is 668 g/mol. The van der Waals surface area contributed by atoms with E-state index in [1.807, 2.05) is 0 Å². The highest BCUT2D eigenvalue weighted by Gasteiger charge is 2.47. The minimum absolute atomic E-state index is 0.0667. The first-order valence-corrected chi connectivity index (χ1v) is 19.6. The van der Waals surface area contributed by atoms with Gasteiger partial charge in [0.1, 0.15) is 54.9 Å². The highest BCUT2D eigenvalue weighted by molar-refractivity contribution is 5.69. The second-order valence-electron chi connectivity index (χ2n) is 14.1. The fourth-order valence-corrected chi connectivity index (χ4v) is 6.28. The van der Waals surface area contributed by atoms with Crippen molar-refractivity contribution in [2.75, 3.05) is 33.0 Å². The van der Waals surface area contributed by atoms with Crippen LogP contribution in [0.25, 0.3) is 0 Å². The third-order valence-electron chi connectivity index (χ3n) is 9.62. The number of hydrogen-bond acceptors (Lipinski definition) is 14. The van der Waals surface area contributed by atoms with Crippen molar-refractivity contribution in [3.63, 3.8) is 0 Å². The van der Waals surface area contributed by atoms with Gasteiger partial charge >= 0.3 is 5.97 Å². The first-order chi connectivity index (χ1) is 24.6. The maximum Gasteiger partial charge on any atom is 0.306 e. The van der Waals surface area contributed by atoms with E-state index in [4.69, 9.17) is 28.4 Å². The summed E-state index contributed by atoms with van der Waals surface area (Å²) in [5.41, 5.74) is 0. The van der Waals surface area contributed by atoms with E-state index in [1.165, 1.54) is 64.2 Å². The fraction of sp³-hybridized carbons (Fsp3) is 0.973. The average molecular weight is 739 g/mol. The van der Waals surface area contributed by atoms with Gasteiger partial charge in [-0.15, -0.1) is 0 Å². The van der Waals surface area contributed by atoms with Crippen molar-refractivity contribution in [3.8, 4) is 0 Å². The Kier molecular flexibility index (Phi) is 24.9. The molecule has 302 valence electrons. The molecule has 11 atom stereocenters. The van der Waals surface area contributed by atoms with Crippen LogP contribution in [0.1, 0.15) is 129 Å². The van der Waals surface area contributed by atoms with E-state index >= 15 is 0 Å². The van der Waals surface area contributed by atoms with Gasteiger partial charge in [0.25, 0.3) is 0 Å². The van der Waals surface area contributed by atoms with Crippen LogP contribution in [0, 0.1) is 0 Å². The van der Waals surface area contributed by atoms with Gasteiger partial charge in [0.05, 0.1) is 26.4 Å². The molecule has 2 saturated heterocycles. The van der Waals surface area contributed by atoms with E-state index < -0.39 is 80.7 Å². The normalized spacial score (nSPS) is 30.4. The summed E-state index contributed by atoms with van der Waals surface area (Å²) in [5, 5.41) is 71.5. The number of aliphatic hydroxyl groups is 7. The molecule has 2 aliphatic rings. The highest BCUT2D eigenvalue weighted by Crippen LogP contribution is 2.26. The van der Waals surface area contributed by atoms with Gasteiger partial charge in [0, 0.05) is 13.0 Å². The van der Waals surface area contributed by atoms with E-state index in [9.17, 15) is 40.5 Å². The number of rotatable bonds is 29. The van der Waals surface area contributed by atoms with Crippen LogP contribution in [0.3, 0.4) is 0 Å². The average Bonchev–Trinajstić information content (AvgIpc) is 3.12. The molecule has 0 bridgehead atoms. The molecule has 0 saturated carbocycles. The Morgan fingerprint density at radius 3 is 1.59 bits per heavy atom. The second kappa shape index (κ2) is 27.6. The van der Waals surface area contributed by atoms with Gasteiger partial charge in [0.15, 0.2) is 12.6 Å². The molecule has 0 spiro atoms. The van der Waals surface area contributed by atoms with Crippen molar-refractivity contribution < 1.29 is 69.0 Å². The van der Waals surface area contributed by atoms with Crippen LogP contribution in [0.15, 0.2) is 0 Å². The lowest BCUT2D eigenvalue weighted by atomic mass is 9.98. The third-order valence-corrected chi connectivity index (χ3v) is 9.62. The summed E-state index contributed by atoms with van der Waals surface area (Å²) < 4.78 is 33.9. The van der Waals surface area contributed by atoms with Gasteiger partial charge < -0.3 is 64.2 Å². The summed E-state index contributed by atoms with van der Waals surface area (Å²) in [6.07, 6.45) is 3.51. The van der Waals surface area contributed by atoms with E-state index in [-0.39, 0.29) is 25.6 Å². The SMILES string of the molecule is CCCCCCCCCCCCC(=O)OC(COCCCCCCCCC)COC1OC(COC2OC(CO)C(O)C(O)C2O)C(O)C(O)C1O. The van der Waals surface area contributed by atoms with Crippen molar-refractivity contribution in [1.29, 1.82) is 0 Å². The van der Waals surface area contributed by atoms with E-state index in [1.54, 1.807) is 0 Å². The minimum Gasteiger partial charge on any atom is -0.457 e. The fourth-order valence-electron chi connectivity index (χ4n) is 6.28. The number of aliphatic hydroxyl groups excluding tert-OH is 7. The predicted octanol–water partition coefficient (Wildman–Crippen LogP) is 2.62. The van der Waals surface area contributed by atoms with Crippen molar-refractivity contribution >= 4 is 5.97 Å². The Labute approximate surface area is 304 Å². The Bertz CT molecular complexity index is 865. The van der Waals surface area contributed by atoms with Crippen molar-refractivity contribution in [2.45, 2.75) is 197 Å². The monoisotopic (exact) mass is 738 g/mol. The molecule has 51 heavy (non-hydrogen) atoms. The summed E-state index contributed by atoms with van der Waals surface area (Å²) in [6.45, 7) is 3.61. The number of carbonyl (C=O) groups excluding carboxylic acids is 1. The molecule has 0 aromatic carbocycles. The zero-order valence-corrected chi connectivity index (χ0v) is 31.1. The van der Waals surface area contributed by atoms with Crippen molar-refractivity contribution in [2.24, 2.45) is 0 Å². The van der Waals surface area contributed by atoms with E-state index in [2.05, 4.69) is 13.8 Å². The van der Waals surface area contributed by atoms with Crippen LogP contribution in [0.5, 0.6) is 0 Å². The predicted molar refractivity (Wildman–Crippen MR) is 188 cm³/mol. The molecule has 0 aromatic heterocycles. The lowest BCUT2D eigenvalue weighted by Crippen LogP contribution is -2.61. The Balaban J connectivity index is 1.87. The first-order valence-electron chi connectivity index (χ1n) is 19.6. The van der Waals surface area contributed by atoms with Gasteiger partial charge in [-0.05, 0) is 12.8 Å². The molecule has 0 aromatic rings. The number of ether oxygens (including phenoxy) is 6. The zero-order chi connectivity index (χ0) is 37.4. The summed E-state index contributed by atoms with van der Waals surface area (Å²) >= 11 is 0. The Morgan fingerprint density at radius 1 is 0.569 bits per heavy atom. The molecule has 11 unspecified atom stereocenters. The number of unbranched alkanes of at least 4 members (excludes halogenated alkanes) is 15. The van der Waals surface area contributed by atoms with Crippen LogP contribution < -0.4 is 0 Å². The number of hydrogen-bond donors (Lipinski definition) is 7. The molecule has 2 aliphatic heterocycles. The van der Waals surface area contributed by atoms with Gasteiger partial charge in [-0.2, -0.15) is 0 Å². The number of esters is 1. The molecule has 2 fully saturated rings. The molecule has 7 N–H and O–H groups in total. The van der Waals surface area contributed by atoms with Gasteiger partial charge in [-0.1, -0.05) is 110 Å². The highest BCUT2D eigenvalue weighted by atomic mass is 16.7. The smallest absolute Gasteiger partial charge is 0.306 e. The molecule has 0 aliphatic carbocycles. The quantitative estimate of drug-likeness (QED) is 0.0434. The third kappa shape index (κ3) is 17.8.